The van der Waals surface area contributed by atoms with Gasteiger partial charge in [-0.05, 0) is 6.07 Å². The van der Waals surface area contributed by atoms with Gasteiger partial charge in [-0.3, -0.25) is 0 Å². The Hall–Kier alpha value is -1.55. The number of H-pyrrole nitrogens is 1. The minimum atomic E-state index is 0. The van der Waals surface area contributed by atoms with Gasteiger partial charge in [0.25, 0.3) is 5.82 Å². The summed E-state index contributed by atoms with van der Waals surface area (Å²) < 4.78 is 1.79. The Bertz CT molecular complexity index is 485. The maximum absolute atomic E-state index is 5.96. The van der Waals surface area contributed by atoms with Gasteiger partial charge in [-0.2, -0.15) is 0 Å². The molecule has 92 valence electrons. The lowest BCUT2D eigenvalue weighted by atomic mass is 9.92. The smallest absolute Gasteiger partial charge is 0.284 e. The van der Waals surface area contributed by atoms with E-state index in [0.717, 1.165) is 11.5 Å². The molecule has 0 bridgehead atoms. The van der Waals surface area contributed by atoms with E-state index in [2.05, 4.69) is 30.9 Å². The molecule has 0 saturated carbocycles. The molecule has 17 heavy (non-hydrogen) atoms. The topological polar surface area (TPSA) is 58.6 Å². The zero-order valence-electron chi connectivity index (χ0n) is 10.2. The van der Waals surface area contributed by atoms with Crippen LogP contribution in [0, 0.1) is 0 Å². The predicted octanol–water partition coefficient (Wildman–Crippen LogP) is -1.43. The second-order valence-electron chi connectivity index (χ2n) is 4.87. The Morgan fingerprint density at radius 2 is 2.00 bits per heavy atom. The number of rotatable bonds is 1. The highest BCUT2D eigenvalue weighted by molar-refractivity contribution is 5.29. The molecule has 0 fully saturated rings. The molecule has 4 nitrogen and oxygen atoms in total. The molecular weight excluding hydrogens is 236 g/mol. The number of nitrogens with zero attached hydrogens (tertiary/aromatic N) is 2. The van der Waals surface area contributed by atoms with Crippen LogP contribution in [0.2, 0.25) is 0 Å². The molecule has 0 atom stereocenters. The molecule has 0 aliphatic rings. The maximum Gasteiger partial charge on any atom is 0.284 e. The molecule has 0 amide bonds. The summed E-state index contributed by atoms with van der Waals surface area (Å²) in [7, 11) is 0. The van der Waals surface area contributed by atoms with Crippen molar-refractivity contribution in [3.05, 3.63) is 36.2 Å². The van der Waals surface area contributed by atoms with Crippen LogP contribution in [0.15, 0.2) is 30.5 Å². The lowest BCUT2D eigenvalue weighted by molar-refractivity contribution is -0.645. The third-order valence-electron chi connectivity index (χ3n) is 2.47. The van der Waals surface area contributed by atoms with Crippen LogP contribution in [0.1, 0.15) is 26.5 Å². The fourth-order valence-corrected chi connectivity index (χ4v) is 1.49. The number of nitrogens with one attached hydrogen (secondary N) is 1. The van der Waals surface area contributed by atoms with Crippen LogP contribution < -0.4 is 22.8 Å². The largest absolute Gasteiger partial charge is 1.00 e. The summed E-state index contributed by atoms with van der Waals surface area (Å²) in [5, 5.41) is 3.27. The van der Waals surface area contributed by atoms with Gasteiger partial charge in [-0.25, -0.2) is 5.10 Å². The monoisotopic (exact) mass is 252 g/mol. The van der Waals surface area contributed by atoms with Crippen LogP contribution in [-0.4, -0.2) is 10.1 Å². The van der Waals surface area contributed by atoms with Crippen LogP contribution in [0.5, 0.6) is 0 Å². The van der Waals surface area contributed by atoms with Crippen LogP contribution >= 0.6 is 0 Å². The summed E-state index contributed by atoms with van der Waals surface area (Å²) >= 11 is 0. The van der Waals surface area contributed by atoms with E-state index in [0.29, 0.717) is 5.82 Å². The van der Waals surface area contributed by atoms with Crippen LogP contribution in [0.4, 0.5) is 5.82 Å². The third kappa shape index (κ3) is 2.77. The molecule has 0 unspecified atom stereocenters. The van der Waals surface area contributed by atoms with Gasteiger partial charge < -0.3 is 18.1 Å². The zero-order chi connectivity index (χ0) is 11.8. The van der Waals surface area contributed by atoms with Crippen molar-refractivity contribution in [1.82, 2.24) is 10.1 Å². The summed E-state index contributed by atoms with van der Waals surface area (Å²) in [5.74, 6) is 1.47. The molecule has 0 radical (unpaired) electrons. The van der Waals surface area contributed by atoms with Gasteiger partial charge >= 0.3 is 0 Å². The number of nitrogen functional groups attached to an aromatic ring is 1. The molecule has 2 aromatic rings. The molecule has 0 spiro atoms. The van der Waals surface area contributed by atoms with Crippen LogP contribution in [0.3, 0.4) is 0 Å². The van der Waals surface area contributed by atoms with Crippen LogP contribution in [-0.2, 0) is 5.41 Å². The van der Waals surface area contributed by atoms with Gasteiger partial charge in [-0.15, -0.1) is 9.67 Å². The number of halogens is 1. The van der Waals surface area contributed by atoms with E-state index >= 15 is 0 Å². The fraction of sp³-hybridized carbons (Fsp3) is 0.333. The lowest BCUT2D eigenvalue weighted by Gasteiger charge is -2.14. The van der Waals surface area contributed by atoms with Crippen molar-refractivity contribution in [1.29, 1.82) is 0 Å². The van der Waals surface area contributed by atoms with Gasteiger partial charge in [0.15, 0.2) is 0 Å². The highest BCUT2D eigenvalue weighted by atomic mass is 35.5. The first-order chi connectivity index (χ1) is 7.48. The van der Waals surface area contributed by atoms with E-state index in [1.54, 1.807) is 10.9 Å². The van der Waals surface area contributed by atoms with Crippen molar-refractivity contribution >= 4 is 5.82 Å². The minimum absolute atomic E-state index is 0. The Morgan fingerprint density at radius 3 is 2.47 bits per heavy atom. The van der Waals surface area contributed by atoms with Gasteiger partial charge in [0, 0.05) is 17.5 Å². The minimum Gasteiger partial charge on any atom is -1.00 e. The first-order valence-electron chi connectivity index (χ1n) is 5.31. The van der Waals surface area contributed by atoms with Crippen LogP contribution in [0.25, 0.3) is 5.82 Å². The number of aromatic nitrogens is 3. The summed E-state index contributed by atoms with van der Waals surface area (Å²) in [6.45, 7) is 6.42. The van der Waals surface area contributed by atoms with Gasteiger partial charge in [-0.1, -0.05) is 26.8 Å². The number of hydrogen-bond acceptors (Lipinski definition) is 2. The summed E-state index contributed by atoms with van der Waals surface area (Å²) in [6.07, 6.45) is 1.75. The summed E-state index contributed by atoms with van der Waals surface area (Å²) in [6, 6.07) is 7.69. The van der Waals surface area contributed by atoms with E-state index < -0.39 is 0 Å². The lowest BCUT2D eigenvalue weighted by Crippen LogP contribution is -3.00. The van der Waals surface area contributed by atoms with E-state index in [9.17, 15) is 0 Å². The van der Waals surface area contributed by atoms with Gasteiger partial charge in [0.05, 0.1) is 5.69 Å². The highest BCUT2D eigenvalue weighted by Crippen LogP contribution is 2.20. The van der Waals surface area contributed by atoms with Gasteiger partial charge in [0.1, 0.15) is 6.20 Å². The van der Waals surface area contributed by atoms with Crippen molar-refractivity contribution < 1.29 is 17.1 Å². The van der Waals surface area contributed by atoms with Crippen molar-refractivity contribution in [2.45, 2.75) is 26.2 Å². The number of aromatic amines is 1. The van der Waals surface area contributed by atoms with E-state index in [-0.39, 0.29) is 17.8 Å². The Balaban J connectivity index is 0.00000144. The standard InChI is InChI=1S/C12H16N4.ClH/c1-12(2,3)9-8-10(13)16(15-9)11-6-4-5-7-14-11;/h4-8H,1-3H3,(H2,13,15);1H. The maximum atomic E-state index is 5.96. The first-order valence-corrected chi connectivity index (χ1v) is 5.31. The SMILES string of the molecule is CC(C)(C)c1cc(N)[n+](-c2ccccn2)[nH]1.[Cl-]. The first kappa shape index (κ1) is 13.5. The Labute approximate surface area is 107 Å². The summed E-state index contributed by atoms with van der Waals surface area (Å²) in [5.41, 5.74) is 7.10. The molecule has 3 N–H and O–H groups in total. The molecule has 2 aromatic heterocycles. The molecule has 0 aromatic carbocycles. The molecule has 2 heterocycles. The number of pyridine rings is 1. The average Bonchev–Trinajstić information content (AvgIpc) is 2.61. The normalized spacial score (nSPS) is 11.0. The molecule has 0 saturated heterocycles. The van der Waals surface area contributed by atoms with Crippen molar-refractivity contribution in [3.8, 4) is 5.82 Å². The average molecular weight is 253 g/mol. The van der Waals surface area contributed by atoms with Crippen molar-refractivity contribution in [2.75, 3.05) is 5.73 Å². The Kier molecular flexibility index (Phi) is 3.78. The number of nitrogens with two attached hydrogens (primary N) is 1. The third-order valence-corrected chi connectivity index (χ3v) is 2.47. The zero-order valence-corrected chi connectivity index (χ0v) is 11.0. The van der Waals surface area contributed by atoms with Crippen molar-refractivity contribution in [2.24, 2.45) is 0 Å². The molecule has 2 rings (SSSR count). The van der Waals surface area contributed by atoms with E-state index in [4.69, 9.17) is 5.73 Å². The second-order valence-corrected chi connectivity index (χ2v) is 4.87. The fourth-order valence-electron chi connectivity index (χ4n) is 1.49. The van der Waals surface area contributed by atoms with Gasteiger partial charge in [0.2, 0.25) is 5.82 Å². The highest BCUT2D eigenvalue weighted by Gasteiger charge is 2.21. The number of anilines is 1. The molecule has 0 aliphatic heterocycles. The van der Waals surface area contributed by atoms with Crippen molar-refractivity contribution in [3.63, 3.8) is 0 Å². The quantitative estimate of drug-likeness (QED) is 0.612. The predicted molar refractivity (Wildman–Crippen MR) is 63.2 cm³/mol. The molecular formula is C12H17ClN4. The molecule has 0 aliphatic carbocycles. The molecule has 5 heteroatoms. The number of hydrogen-bond donors (Lipinski definition) is 2. The second kappa shape index (κ2) is 4.75. The summed E-state index contributed by atoms with van der Waals surface area (Å²) in [4.78, 5) is 4.26. The Morgan fingerprint density at radius 1 is 1.29 bits per heavy atom. The van der Waals surface area contributed by atoms with E-state index in [1.165, 1.54) is 0 Å². The van der Waals surface area contributed by atoms with E-state index in [1.807, 2.05) is 24.3 Å².